The van der Waals surface area contributed by atoms with Crippen molar-refractivity contribution >= 4 is 0 Å². The fourth-order valence-corrected chi connectivity index (χ4v) is 2.16. The summed E-state index contributed by atoms with van der Waals surface area (Å²) in [6, 6.07) is 0.0691. The van der Waals surface area contributed by atoms with Gasteiger partial charge in [0.05, 0.1) is 32.0 Å². The predicted molar refractivity (Wildman–Crippen MR) is 69.8 cm³/mol. The van der Waals surface area contributed by atoms with Crippen LogP contribution in [0.2, 0.25) is 0 Å². The maximum absolute atomic E-state index is 10.0. The molecule has 2 unspecified atom stereocenters. The van der Waals surface area contributed by atoms with Crippen molar-refractivity contribution in [3.05, 3.63) is 0 Å². The lowest BCUT2D eigenvalue weighted by Crippen LogP contribution is -2.51. The lowest BCUT2D eigenvalue weighted by molar-refractivity contribution is -0.0713. The summed E-state index contributed by atoms with van der Waals surface area (Å²) in [5.74, 6) is 0. The highest BCUT2D eigenvalue weighted by Crippen LogP contribution is 2.14. The molecule has 0 amide bonds. The van der Waals surface area contributed by atoms with Crippen molar-refractivity contribution < 1.29 is 19.3 Å². The van der Waals surface area contributed by atoms with Gasteiger partial charge in [0, 0.05) is 32.9 Å². The Morgan fingerprint density at radius 1 is 1.17 bits per heavy atom. The van der Waals surface area contributed by atoms with Gasteiger partial charge in [-0.05, 0) is 20.3 Å². The van der Waals surface area contributed by atoms with E-state index in [4.69, 9.17) is 14.2 Å². The highest BCUT2D eigenvalue weighted by molar-refractivity contribution is 4.82. The molecule has 2 atom stereocenters. The van der Waals surface area contributed by atoms with Gasteiger partial charge in [0.15, 0.2) is 0 Å². The van der Waals surface area contributed by atoms with E-state index in [1.165, 1.54) is 0 Å². The van der Waals surface area contributed by atoms with Gasteiger partial charge < -0.3 is 19.3 Å². The fraction of sp³-hybridized carbons (Fsp3) is 1.00. The summed E-state index contributed by atoms with van der Waals surface area (Å²) in [5.41, 5.74) is 0. The van der Waals surface area contributed by atoms with Crippen LogP contribution in [0.5, 0.6) is 0 Å². The van der Waals surface area contributed by atoms with Gasteiger partial charge in [0.2, 0.25) is 0 Å². The van der Waals surface area contributed by atoms with Gasteiger partial charge in [-0.15, -0.1) is 0 Å². The van der Waals surface area contributed by atoms with Crippen LogP contribution in [0.3, 0.4) is 0 Å². The van der Waals surface area contributed by atoms with Gasteiger partial charge in [-0.3, -0.25) is 4.90 Å². The maximum Gasteiger partial charge on any atom is 0.0739 e. The molecule has 0 bridgehead atoms. The van der Waals surface area contributed by atoms with Crippen molar-refractivity contribution in [3.8, 4) is 0 Å². The number of hydrogen-bond acceptors (Lipinski definition) is 5. The number of hydrogen-bond donors (Lipinski definition) is 1. The van der Waals surface area contributed by atoms with Crippen LogP contribution in [0.4, 0.5) is 0 Å². The van der Waals surface area contributed by atoms with E-state index in [0.717, 1.165) is 26.3 Å². The van der Waals surface area contributed by atoms with E-state index in [2.05, 4.69) is 4.90 Å². The normalized spacial score (nSPS) is 24.7. The molecular weight excluding hydrogens is 234 g/mol. The quantitative estimate of drug-likeness (QED) is 0.613. The standard InChI is InChI=1S/C13H27NO4/c1-3-16-9-6-14(7-10-17-4-2)12-11-18-8-5-13(12)15/h12-13,15H,3-11H2,1-2H3. The monoisotopic (exact) mass is 261 g/mol. The number of ether oxygens (including phenoxy) is 3. The summed E-state index contributed by atoms with van der Waals surface area (Å²) < 4.78 is 16.2. The Labute approximate surface area is 110 Å². The minimum atomic E-state index is -0.304. The molecule has 1 rings (SSSR count). The molecule has 0 aromatic rings. The number of rotatable bonds is 9. The molecule has 0 saturated carbocycles. The highest BCUT2D eigenvalue weighted by atomic mass is 16.5. The molecule has 1 fully saturated rings. The lowest BCUT2D eigenvalue weighted by atomic mass is 10.1. The predicted octanol–water partition coefficient (Wildman–Crippen LogP) is 0.511. The van der Waals surface area contributed by atoms with E-state index >= 15 is 0 Å². The molecule has 1 N–H and O–H groups in total. The van der Waals surface area contributed by atoms with Crippen LogP contribution in [-0.2, 0) is 14.2 Å². The first kappa shape index (κ1) is 15.9. The largest absolute Gasteiger partial charge is 0.391 e. The molecule has 0 radical (unpaired) electrons. The maximum atomic E-state index is 10.0. The van der Waals surface area contributed by atoms with E-state index < -0.39 is 0 Å². The Kier molecular flexibility index (Phi) is 8.54. The molecule has 0 aromatic carbocycles. The zero-order valence-electron chi connectivity index (χ0n) is 11.6. The summed E-state index contributed by atoms with van der Waals surface area (Å²) >= 11 is 0. The summed E-state index contributed by atoms with van der Waals surface area (Å²) in [6.07, 6.45) is 0.409. The molecule has 1 aliphatic heterocycles. The minimum absolute atomic E-state index is 0.0691. The summed E-state index contributed by atoms with van der Waals surface area (Å²) in [6.45, 7) is 9.68. The zero-order valence-corrected chi connectivity index (χ0v) is 11.6. The molecule has 108 valence electrons. The first-order valence-electron chi connectivity index (χ1n) is 6.94. The molecule has 1 heterocycles. The van der Waals surface area contributed by atoms with Crippen LogP contribution in [-0.4, -0.2) is 74.9 Å². The zero-order chi connectivity index (χ0) is 13.2. The molecular formula is C13H27NO4. The van der Waals surface area contributed by atoms with E-state index in [9.17, 15) is 5.11 Å². The van der Waals surface area contributed by atoms with Gasteiger partial charge in [-0.25, -0.2) is 0 Å². The van der Waals surface area contributed by atoms with Crippen molar-refractivity contribution in [1.82, 2.24) is 4.90 Å². The first-order chi connectivity index (χ1) is 8.79. The van der Waals surface area contributed by atoms with E-state index in [1.54, 1.807) is 0 Å². The fourth-order valence-electron chi connectivity index (χ4n) is 2.16. The molecule has 18 heavy (non-hydrogen) atoms. The molecule has 1 aliphatic rings. The van der Waals surface area contributed by atoms with Gasteiger partial charge >= 0.3 is 0 Å². The van der Waals surface area contributed by atoms with Gasteiger partial charge in [-0.1, -0.05) is 0 Å². The van der Waals surface area contributed by atoms with E-state index in [-0.39, 0.29) is 12.1 Å². The average Bonchev–Trinajstić information content (AvgIpc) is 2.38. The topological polar surface area (TPSA) is 51.2 Å². The van der Waals surface area contributed by atoms with Gasteiger partial charge in [-0.2, -0.15) is 0 Å². The molecule has 0 aliphatic carbocycles. The van der Waals surface area contributed by atoms with Crippen LogP contribution in [0.15, 0.2) is 0 Å². The number of aliphatic hydroxyl groups excluding tert-OH is 1. The van der Waals surface area contributed by atoms with Crippen molar-refractivity contribution in [1.29, 1.82) is 0 Å². The van der Waals surface area contributed by atoms with E-state index in [1.807, 2.05) is 13.8 Å². The van der Waals surface area contributed by atoms with E-state index in [0.29, 0.717) is 32.8 Å². The Morgan fingerprint density at radius 3 is 2.28 bits per heavy atom. The van der Waals surface area contributed by atoms with Crippen molar-refractivity contribution in [2.45, 2.75) is 32.4 Å². The van der Waals surface area contributed by atoms with Crippen molar-refractivity contribution in [2.24, 2.45) is 0 Å². The van der Waals surface area contributed by atoms with Crippen LogP contribution >= 0.6 is 0 Å². The third-order valence-corrected chi connectivity index (χ3v) is 3.21. The third-order valence-electron chi connectivity index (χ3n) is 3.21. The van der Waals surface area contributed by atoms with Crippen LogP contribution in [0.25, 0.3) is 0 Å². The van der Waals surface area contributed by atoms with Crippen molar-refractivity contribution in [3.63, 3.8) is 0 Å². The molecule has 0 spiro atoms. The average molecular weight is 261 g/mol. The summed E-state index contributed by atoms with van der Waals surface area (Å²) in [5, 5.41) is 10.0. The van der Waals surface area contributed by atoms with Gasteiger partial charge in [0.25, 0.3) is 0 Å². The molecule has 5 nitrogen and oxygen atoms in total. The second-order valence-electron chi connectivity index (χ2n) is 4.43. The van der Waals surface area contributed by atoms with Crippen molar-refractivity contribution in [2.75, 3.05) is 52.7 Å². The Morgan fingerprint density at radius 2 is 1.78 bits per heavy atom. The van der Waals surface area contributed by atoms with Gasteiger partial charge in [0.1, 0.15) is 0 Å². The second kappa shape index (κ2) is 9.69. The Hall–Kier alpha value is -0.200. The smallest absolute Gasteiger partial charge is 0.0739 e. The molecule has 5 heteroatoms. The first-order valence-corrected chi connectivity index (χ1v) is 6.94. The SMILES string of the molecule is CCOCCN(CCOCC)C1COCCC1O. The lowest BCUT2D eigenvalue weighted by Gasteiger charge is -2.37. The Bertz CT molecular complexity index is 193. The molecule has 1 saturated heterocycles. The molecule has 0 aromatic heterocycles. The summed E-state index contributed by atoms with van der Waals surface area (Å²) in [7, 11) is 0. The number of nitrogens with zero attached hydrogens (tertiary/aromatic N) is 1. The minimum Gasteiger partial charge on any atom is -0.391 e. The second-order valence-corrected chi connectivity index (χ2v) is 4.43. The highest BCUT2D eigenvalue weighted by Gasteiger charge is 2.28. The number of aliphatic hydroxyl groups is 1. The summed E-state index contributed by atoms with van der Waals surface area (Å²) in [4.78, 5) is 2.22. The Balaban J connectivity index is 2.40. The van der Waals surface area contributed by atoms with Crippen LogP contribution < -0.4 is 0 Å². The van der Waals surface area contributed by atoms with Crippen LogP contribution in [0, 0.1) is 0 Å². The van der Waals surface area contributed by atoms with Crippen LogP contribution in [0.1, 0.15) is 20.3 Å². The third kappa shape index (κ3) is 5.63.